The molecule has 0 aromatic heterocycles. The predicted molar refractivity (Wildman–Crippen MR) is 110 cm³/mol. The van der Waals surface area contributed by atoms with E-state index in [1.807, 2.05) is 6.07 Å². The highest BCUT2D eigenvalue weighted by Gasteiger charge is 2.19. The van der Waals surface area contributed by atoms with Crippen molar-refractivity contribution in [2.24, 2.45) is 0 Å². The van der Waals surface area contributed by atoms with Crippen molar-refractivity contribution in [2.75, 3.05) is 45.5 Å². The zero-order chi connectivity index (χ0) is 20.0. The van der Waals surface area contributed by atoms with Crippen LogP contribution >= 0.6 is 0 Å². The molecule has 2 aromatic rings. The van der Waals surface area contributed by atoms with E-state index >= 15 is 0 Å². The standard InChI is InChI=1S/C21H27N3O3S/c1-28(26,27)20-10-6-5-9-19(20)21(25)22-11-12-23-13-15-24(16-14-23)17-18-7-3-2-4-8-18/h2-10H,11-17H2,1H3,(H,22,25). The van der Waals surface area contributed by atoms with Gasteiger partial charge >= 0.3 is 0 Å². The first kappa shape index (κ1) is 20.5. The van der Waals surface area contributed by atoms with Gasteiger partial charge in [-0.25, -0.2) is 8.42 Å². The Morgan fingerprint density at radius 2 is 1.54 bits per heavy atom. The lowest BCUT2D eigenvalue weighted by Crippen LogP contribution is -2.48. The molecule has 3 rings (SSSR count). The molecule has 28 heavy (non-hydrogen) atoms. The highest BCUT2D eigenvalue weighted by molar-refractivity contribution is 7.90. The minimum absolute atomic E-state index is 0.0713. The summed E-state index contributed by atoms with van der Waals surface area (Å²) < 4.78 is 23.7. The lowest BCUT2D eigenvalue weighted by molar-refractivity contribution is 0.0931. The van der Waals surface area contributed by atoms with Crippen LogP contribution in [0.1, 0.15) is 15.9 Å². The molecule has 7 heteroatoms. The number of piperazine rings is 1. The second kappa shape index (κ2) is 9.32. The first-order valence-corrected chi connectivity index (χ1v) is 11.4. The Hall–Kier alpha value is -2.22. The molecule has 0 unspecified atom stereocenters. The quantitative estimate of drug-likeness (QED) is 0.764. The minimum Gasteiger partial charge on any atom is -0.351 e. The van der Waals surface area contributed by atoms with Crippen LogP contribution in [0, 0.1) is 0 Å². The maximum Gasteiger partial charge on any atom is 0.252 e. The van der Waals surface area contributed by atoms with Crippen LogP contribution in [0.25, 0.3) is 0 Å². The first-order valence-electron chi connectivity index (χ1n) is 9.49. The predicted octanol–water partition coefficient (Wildman–Crippen LogP) is 1.64. The van der Waals surface area contributed by atoms with Gasteiger partial charge in [-0.2, -0.15) is 0 Å². The minimum atomic E-state index is -3.43. The normalized spacial score (nSPS) is 16.0. The molecule has 1 aliphatic rings. The van der Waals surface area contributed by atoms with Gasteiger partial charge in [0.25, 0.3) is 5.91 Å². The molecule has 0 aliphatic carbocycles. The van der Waals surface area contributed by atoms with Crippen molar-refractivity contribution < 1.29 is 13.2 Å². The number of hydrogen-bond donors (Lipinski definition) is 1. The molecule has 0 bridgehead atoms. The molecule has 1 saturated heterocycles. The fourth-order valence-electron chi connectivity index (χ4n) is 3.41. The Balaban J connectivity index is 1.44. The van der Waals surface area contributed by atoms with E-state index in [9.17, 15) is 13.2 Å². The molecule has 0 spiro atoms. The van der Waals surface area contributed by atoms with Crippen molar-refractivity contribution in [3.8, 4) is 0 Å². The summed E-state index contributed by atoms with van der Waals surface area (Å²) in [7, 11) is -3.43. The van der Waals surface area contributed by atoms with Crippen LogP contribution in [0.4, 0.5) is 0 Å². The lowest BCUT2D eigenvalue weighted by Gasteiger charge is -2.34. The number of nitrogens with one attached hydrogen (secondary N) is 1. The van der Waals surface area contributed by atoms with Crippen LogP contribution in [0.2, 0.25) is 0 Å². The summed E-state index contributed by atoms with van der Waals surface area (Å²) in [6.07, 6.45) is 1.12. The third-order valence-corrected chi connectivity index (χ3v) is 6.11. The number of rotatable bonds is 7. The first-order chi connectivity index (χ1) is 13.4. The van der Waals surface area contributed by atoms with Crippen LogP contribution in [-0.4, -0.2) is 69.6 Å². The van der Waals surface area contributed by atoms with Gasteiger partial charge in [-0.15, -0.1) is 0 Å². The summed E-state index contributed by atoms with van der Waals surface area (Å²) in [5, 5.41) is 2.85. The summed E-state index contributed by atoms with van der Waals surface area (Å²) in [4.78, 5) is 17.2. The van der Waals surface area contributed by atoms with E-state index < -0.39 is 9.84 Å². The summed E-state index contributed by atoms with van der Waals surface area (Å²) in [6, 6.07) is 16.8. The summed E-state index contributed by atoms with van der Waals surface area (Å²) in [5.74, 6) is -0.344. The summed E-state index contributed by atoms with van der Waals surface area (Å²) in [6.45, 7) is 6.14. The Bertz CT molecular complexity index is 892. The van der Waals surface area contributed by atoms with Gasteiger partial charge in [0.15, 0.2) is 9.84 Å². The highest BCUT2D eigenvalue weighted by Crippen LogP contribution is 2.15. The van der Waals surface area contributed by atoms with E-state index in [0.717, 1.165) is 45.5 Å². The van der Waals surface area contributed by atoms with Gasteiger partial charge < -0.3 is 5.32 Å². The number of carbonyl (C=O) groups excluding carboxylic acids is 1. The van der Waals surface area contributed by atoms with Crippen LogP contribution in [0.3, 0.4) is 0 Å². The number of amides is 1. The Labute approximate surface area is 167 Å². The van der Waals surface area contributed by atoms with Gasteiger partial charge in [0, 0.05) is 52.1 Å². The van der Waals surface area contributed by atoms with Crippen molar-refractivity contribution >= 4 is 15.7 Å². The molecule has 2 aromatic carbocycles. The molecule has 1 fully saturated rings. The number of benzene rings is 2. The molecule has 6 nitrogen and oxygen atoms in total. The van der Waals surface area contributed by atoms with Crippen LogP contribution < -0.4 is 5.32 Å². The fourth-order valence-corrected chi connectivity index (χ4v) is 4.30. The van der Waals surface area contributed by atoms with Crippen molar-refractivity contribution in [3.05, 3.63) is 65.7 Å². The van der Waals surface area contributed by atoms with E-state index in [4.69, 9.17) is 0 Å². The van der Waals surface area contributed by atoms with Crippen molar-refractivity contribution in [2.45, 2.75) is 11.4 Å². The largest absolute Gasteiger partial charge is 0.351 e. The molecule has 1 heterocycles. The summed E-state index contributed by atoms with van der Waals surface area (Å²) >= 11 is 0. The smallest absolute Gasteiger partial charge is 0.252 e. The van der Waals surface area contributed by atoms with E-state index in [-0.39, 0.29) is 16.4 Å². The van der Waals surface area contributed by atoms with Crippen LogP contribution in [-0.2, 0) is 16.4 Å². The Morgan fingerprint density at radius 3 is 2.21 bits per heavy atom. The van der Waals surface area contributed by atoms with Crippen LogP contribution in [0.15, 0.2) is 59.5 Å². The average molecular weight is 402 g/mol. The SMILES string of the molecule is CS(=O)(=O)c1ccccc1C(=O)NCCN1CCN(Cc2ccccc2)CC1. The summed E-state index contributed by atoms with van der Waals surface area (Å²) in [5.41, 5.74) is 1.53. The molecule has 0 radical (unpaired) electrons. The van der Waals surface area contributed by atoms with Crippen molar-refractivity contribution in [3.63, 3.8) is 0 Å². The van der Waals surface area contributed by atoms with E-state index in [2.05, 4.69) is 39.4 Å². The van der Waals surface area contributed by atoms with Gasteiger partial charge in [-0.1, -0.05) is 42.5 Å². The van der Waals surface area contributed by atoms with Gasteiger partial charge in [0.05, 0.1) is 10.5 Å². The number of hydrogen-bond acceptors (Lipinski definition) is 5. The van der Waals surface area contributed by atoms with E-state index in [1.54, 1.807) is 18.2 Å². The maximum atomic E-state index is 12.4. The van der Waals surface area contributed by atoms with Gasteiger partial charge in [0.2, 0.25) is 0 Å². The van der Waals surface area contributed by atoms with Crippen molar-refractivity contribution in [1.82, 2.24) is 15.1 Å². The highest BCUT2D eigenvalue weighted by atomic mass is 32.2. The molecule has 1 amide bonds. The molecule has 1 N–H and O–H groups in total. The Morgan fingerprint density at radius 1 is 0.929 bits per heavy atom. The molecular formula is C21H27N3O3S. The third kappa shape index (κ3) is 5.64. The molecule has 0 atom stereocenters. The van der Waals surface area contributed by atoms with Gasteiger partial charge in [-0.3, -0.25) is 14.6 Å². The lowest BCUT2D eigenvalue weighted by atomic mass is 10.2. The number of nitrogens with zero attached hydrogens (tertiary/aromatic N) is 2. The maximum absolute atomic E-state index is 12.4. The molecule has 1 aliphatic heterocycles. The molecular weight excluding hydrogens is 374 g/mol. The second-order valence-electron chi connectivity index (χ2n) is 7.13. The monoisotopic (exact) mass is 401 g/mol. The van der Waals surface area contributed by atoms with E-state index in [1.165, 1.54) is 11.6 Å². The number of sulfone groups is 1. The fraction of sp³-hybridized carbons (Fsp3) is 0.381. The molecule has 150 valence electrons. The van der Waals surface area contributed by atoms with Gasteiger partial charge in [-0.05, 0) is 17.7 Å². The van der Waals surface area contributed by atoms with E-state index in [0.29, 0.717) is 6.54 Å². The zero-order valence-electron chi connectivity index (χ0n) is 16.2. The number of carbonyl (C=O) groups is 1. The van der Waals surface area contributed by atoms with Gasteiger partial charge in [0.1, 0.15) is 0 Å². The zero-order valence-corrected chi connectivity index (χ0v) is 17.0. The Kier molecular flexibility index (Phi) is 6.83. The second-order valence-corrected chi connectivity index (χ2v) is 9.11. The average Bonchev–Trinajstić information content (AvgIpc) is 2.69. The topological polar surface area (TPSA) is 69.7 Å². The molecule has 0 saturated carbocycles. The van der Waals surface area contributed by atoms with Crippen molar-refractivity contribution in [1.29, 1.82) is 0 Å². The third-order valence-electron chi connectivity index (χ3n) is 4.96. The van der Waals surface area contributed by atoms with Crippen LogP contribution in [0.5, 0.6) is 0 Å².